The monoisotopic (exact) mass is 342 g/mol. The number of alkyl halides is 3. The second-order valence-electron chi connectivity index (χ2n) is 4.66. The van der Waals surface area contributed by atoms with Crippen LogP contribution in [0.5, 0.6) is 0 Å². The number of hydrogen-bond donors (Lipinski definition) is 1. The lowest BCUT2D eigenvalue weighted by molar-refractivity contribution is -0.0328. The van der Waals surface area contributed by atoms with Crippen LogP contribution in [0, 0.1) is 0 Å². The smallest absolute Gasteiger partial charge is 0.374 e. The minimum atomic E-state index is -4.24. The Morgan fingerprint density at radius 2 is 1.95 bits per heavy atom. The maximum Gasteiger partial charge on any atom is 0.446 e. The first-order valence-electron chi connectivity index (χ1n) is 6.35. The minimum absolute atomic E-state index is 0. The molecule has 1 aliphatic rings. The summed E-state index contributed by atoms with van der Waals surface area (Å²) in [5, 5.41) is 0. The molecule has 2 N–H and O–H groups in total. The van der Waals surface area contributed by atoms with E-state index in [0.29, 0.717) is 19.7 Å². The van der Waals surface area contributed by atoms with Crippen LogP contribution in [0.3, 0.4) is 0 Å². The standard InChI is InChI=1S/C13H17F3N2OS.ClH/c14-13(15,16)20-12-3-1-10(2-4-12)8-18-5-6-19-11(7-17)9-18;/h1-4,11H,5-9,17H2;1H. The van der Waals surface area contributed by atoms with Gasteiger partial charge in [-0.25, -0.2) is 0 Å². The Labute approximate surface area is 132 Å². The van der Waals surface area contributed by atoms with Crippen molar-refractivity contribution in [2.45, 2.75) is 23.1 Å². The van der Waals surface area contributed by atoms with Gasteiger partial charge in [-0.1, -0.05) is 12.1 Å². The Hall–Kier alpha value is -0.470. The first-order valence-corrected chi connectivity index (χ1v) is 7.16. The zero-order chi connectivity index (χ0) is 14.6. The molecule has 1 saturated heterocycles. The van der Waals surface area contributed by atoms with E-state index in [4.69, 9.17) is 10.5 Å². The fourth-order valence-corrected chi connectivity index (χ4v) is 2.66. The number of hydrogen-bond acceptors (Lipinski definition) is 4. The normalized spacial score (nSPS) is 20.1. The molecule has 2 rings (SSSR count). The van der Waals surface area contributed by atoms with E-state index in [-0.39, 0.29) is 35.2 Å². The van der Waals surface area contributed by atoms with Gasteiger partial charge < -0.3 is 10.5 Å². The highest BCUT2D eigenvalue weighted by Crippen LogP contribution is 2.36. The third-order valence-corrected chi connectivity index (χ3v) is 3.79. The fourth-order valence-electron chi connectivity index (χ4n) is 2.12. The van der Waals surface area contributed by atoms with Crippen molar-refractivity contribution in [1.82, 2.24) is 4.90 Å². The Kier molecular flexibility index (Phi) is 7.29. The molecule has 1 aromatic carbocycles. The lowest BCUT2D eigenvalue weighted by Gasteiger charge is -2.32. The molecule has 1 atom stereocenters. The second kappa shape index (κ2) is 8.24. The summed E-state index contributed by atoms with van der Waals surface area (Å²) < 4.78 is 42.2. The van der Waals surface area contributed by atoms with Crippen LogP contribution >= 0.6 is 24.2 Å². The summed E-state index contributed by atoms with van der Waals surface area (Å²) in [6.45, 7) is 3.41. The average Bonchev–Trinajstić information content (AvgIpc) is 2.40. The third kappa shape index (κ3) is 6.44. The van der Waals surface area contributed by atoms with Crippen molar-refractivity contribution in [2.75, 3.05) is 26.2 Å². The molecule has 21 heavy (non-hydrogen) atoms. The predicted molar refractivity (Wildman–Crippen MR) is 79.7 cm³/mol. The Balaban J connectivity index is 0.00000220. The fraction of sp³-hybridized carbons (Fsp3) is 0.538. The SMILES string of the molecule is Cl.NCC1CN(Cc2ccc(SC(F)(F)F)cc2)CCO1. The number of ether oxygens (including phenoxy) is 1. The molecule has 1 aromatic rings. The highest BCUT2D eigenvalue weighted by Gasteiger charge is 2.29. The Bertz CT molecular complexity index is 430. The summed E-state index contributed by atoms with van der Waals surface area (Å²) >= 11 is -0.0906. The van der Waals surface area contributed by atoms with Crippen molar-refractivity contribution in [3.63, 3.8) is 0 Å². The number of nitrogens with two attached hydrogens (primary N) is 1. The van der Waals surface area contributed by atoms with Crippen molar-refractivity contribution < 1.29 is 17.9 Å². The van der Waals surface area contributed by atoms with Crippen molar-refractivity contribution in [1.29, 1.82) is 0 Å². The molecule has 0 aliphatic carbocycles. The summed E-state index contributed by atoms with van der Waals surface area (Å²) in [6, 6.07) is 6.49. The first kappa shape index (κ1) is 18.6. The molecule has 1 aliphatic heterocycles. The van der Waals surface area contributed by atoms with Crippen LogP contribution in [-0.2, 0) is 11.3 Å². The van der Waals surface area contributed by atoms with E-state index in [0.717, 1.165) is 18.7 Å². The molecule has 0 aromatic heterocycles. The third-order valence-electron chi connectivity index (χ3n) is 3.05. The van der Waals surface area contributed by atoms with Crippen molar-refractivity contribution >= 4 is 24.2 Å². The molecule has 0 saturated carbocycles. The molecular formula is C13H18ClF3N2OS. The van der Waals surface area contributed by atoms with Gasteiger partial charge in [0.25, 0.3) is 0 Å². The van der Waals surface area contributed by atoms with Gasteiger partial charge >= 0.3 is 5.51 Å². The number of rotatable bonds is 4. The maximum atomic E-state index is 12.2. The molecule has 1 unspecified atom stereocenters. The van der Waals surface area contributed by atoms with E-state index in [1.807, 2.05) is 0 Å². The molecule has 1 heterocycles. The number of thioether (sulfide) groups is 1. The van der Waals surface area contributed by atoms with E-state index in [1.54, 1.807) is 12.1 Å². The molecule has 0 bridgehead atoms. The van der Waals surface area contributed by atoms with E-state index < -0.39 is 5.51 Å². The van der Waals surface area contributed by atoms with Crippen LogP contribution in [0.15, 0.2) is 29.2 Å². The minimum Gasteiger partial charge on any atom is -0.374 e. The average molecular weight is 343 g/mol. The number of benzene rings is 1. The Morgan fingerprint density at radius 3 is 2.52 bits per heavy atom. The van der Waals surface area contributed by atoms with Gasteiger partial charge in [0.15, 0.2) is 0 Å². The summed E-state index contributed by atoms with van der Waals surface area (Å²) in [6.07, 6.45) is 0.0452. The topological polar surface area (TPSA) is 38.5 Å². The molecule has 120 valence electrons. The van der Waals surface area contributed by atoms with Gasteiger partial charge in [0.1, 0.15) is 0 Å². The van der Waals surface area contributed by atoms with Crippen molar-refractivity contribution in [2.24, 2.45) is 5.73 Å². The van der Waals surface area contributed by atoms with Crippen LogP contribution < -0.4 is 5.73 Å². The van der Waals surface area contributed by atoms with Crippen LogP contribution in [0.1, 0.15) is 5.56 Å². The maximum absolute atomic E-state index is 12.2. The number of halogens is 4. The number of morpholine rings is 1. The Morgan fingerprint density at radius 1 is 1.29 bits per heavy atom. The van der Waals surface area contributed by atoms with Crippen LogP contribution in [0.25, 0.3) is 0 Å². The van der Waals surface area contributed by atoms with Crippen molar-refractivity contribution in [3.05, 3.63) is 29.8 Å². The molecule has 0 radical (unpaired) electrons. The van der Waals surface area contributed by atoms with E-state index in [2.05, 4.69) is 4.90 Å². The molecule has 1 fully saturated rings. The lowest BCUT2D eigenvalue weighted by Crippen LogP contribution is -2.45. The predicted octanol–water partition coefficient (Wildman–Crippen LogP) is 2.88. The first-order chi connectivity index (χ1) is 9.46. The largest absolute Gasteiger partial charge is 0.446 e. The zero-order valence-corrected chi connectivity index (χ0v) is 12.9. The van der Waals surface area contributed by atoms with Gasteiger partial charge in [0, 0.05) is 31.1 Å². The summed E-state index contributed by atoms with van der Waals surface area (Å²) in [5.74, 6) is 0. The zero-order valence-electron chi connectivity index (χ0n) is 11.3. The quantitative estimate of drug-likeness (QED) is 0.854. The highest BCUT2D eigenvalue weighted by atomic mass is 35.5. The van der Waals surface area contributed by atoms with E-state index in [1.165, 1.54) is 12.1 Å². The summed E-state index contributed by atoms with van der Waals surface area (Å²) in [7, 11) is 0. The number of nitrogens with zero attached hydrogens (tertiary/aromatic N) is 1. The van der Waals surface area contributed by atoms with Gasteiger partial charge in [0.05, 0.1) is 12.7 Å². The van der Waals surface area contributed by atoms with Gasteiger partial charge in [-0.05, 0) is 29.5 Å². The summed E-state index contributed by atoms with van der Waals surface area (Å²) in [4.78, 5) is 2.41. The highest BCUT2D eigenvalue weighted by molar-refractivity contribution is 8.00. The van der Waals surface area contributed by atoms with Gasteiger partial charge in [-0.15, -0.1) is 12.4 Å². The van der Waals surface area contributed by atoms with Crippen molar-refractivity contribution in [3.8, 4) is 0 Å². The van der Waals surface area contributed by atoms with Crippen LogP contribution in [0.4, 0.5) is 13.2 Å². The molecule has 8 heteroatoms. The van der Waals surface area contributed by atoms with Gasteiger partial charge in [-0.3, -0.25) is 4.90 Å². The molecule has 3 nitrogen and oxygen atoms in total. The van der Waals surface area contributed by atoms with Gasteiger partial charge in [-0.2, -0.15) is 13.2 Å². The second-order valence-corrected chi connectivity index (χ2v) is 5.79. The molecular weight excluding hydrogens is 325 g/mol. The summed E-state index contributed by atoms with van der Waals surface area (Å²) in [5.41, 5.74) is 2.34. The van der Waals surface area contributed by atoms with E-state index >= 15 is 0 Å². The van der Waals surface area contributed by atoms with E-state index in [9.17, 15) is 13.2 Å². The molecule has 0 amide bonds. The van der Waals surface area contributed by atoms with Gasteiger partial charge in [0.2, 0.25) is 0 Å². The van der Waals surface area contributed by atoms with Crippen LogP contribution in [-0.4, -0.2) is 42.8 Å². The lowest BCUT2D eigenvalue weighted by atomic mass is 10.2. The molecule has 0 spiro atoms. The van der Waals surface area contributed by atoms with Crippen LogP contribution in [0.2, 0.25) is 0 Å².